The quantitative estimate of drug-likeness (QED) is 0.290. The van der Waals surface area contributed by atoms with Crippen molar-refractivity contribution < 1.29 is 27.5 Å². The van der Waals surface area contributed by atoms with Crippen LogP contribution in [0.3, 0.4) is 0 Å². The van der Waals surface area contributed by atoms with Crippen molar-refractivity contribution in [2.45, 2.75) is 62.8 Å². The van der Waals surface area contributed by atoms with Gasteiger partial charge in [-0.15, -0.1) is 5.10 Å². The van der Waals surface area contributed by atoms with E-state index in [-0.39, 0.29) is 22.9 Å². The zero-order valence-electron chi connectivity index (χ0n) is 20.6. The van der Waals surface area contributed by atoms with E-state index in [9.17, 15) is 22.8 Å². The molecule has 2 amide bonds. The lowest BCUT2D eigenvalue weighted by Crippen LogP contribution is -2.41. The van der Waals surface area contributed by atoms with Gasteiger partial charge in [0.2, 0.25) is 0 Å². The van der Waals surface area contributed by atoms with E-state index < -0.39 is 24.8 Å². The van der Waals surface area contributed by atoms with Crippen molar-refractivity contribution in [3.8, 4) is 0 Å². The topological polar surface area (TPSA) is 135 Å². The largest absolute Gasteiger partial charge is 0.440 e. The fourth-order valence-electron chi connectivity index (χ4n) is 4.37. The first-order valence-electron chi connectivity index (χ1n) is 12.5. The van der Waals surface area contributed by atoms with Crippen LogP contribution >= 0.6 is 11.6 Å². The molecule has 2 saturated carbocycles. The van der Waals surface area contributed by atoms with Crippen molar-refractivity contribution in [3.63, 3.8) is 0 Å². The molecule has 208 valence electrons. The van der Waals surface area contributed by atoms with Crippen LogP contribution in [-0.4, -0.2) is 62.5 Å². The maximum atomic E-state index is 13.0. The van der Waals surface area contributed by atoms with Crippen LogP contribution in [0.4, 0.5) is 35.2 Å². The van der Waals surface area contributed by atoms with Crippen LogP contribution in [0.5, 0.6) is 0 Å². The summed E-state index contributed by atoms with van der Waals surface area (Å²) in [5.74, 6) is 0.112. The Morgan fingerprint density at radius 2 is 1.72 bits per heavy atom. The molecule has 0 radical (unpaired) electrons. The van der Waals surface area contributed by atoms with E-state index in [1.165, 1.54) is 23.0 Å². The van der Waals surface area contributed by atoms with Crippen LogP contribution in [-0.2, 0) is 4.74 Å². The number of anilines is 3. The first-order valence-corrected chi connectivity index (χ1v) is 12.9. The van der Waals surface area contributed by atoms with Crippen LogP contribution in [0.15, 0.2) is 30.6 Å². The third kappa shape index (κ3) is 7.19. The highest BCUT2D eigenvalue weighted by atomic mass is 35.5. The van der Waals surface area contributed by atoms with E-state index in [1.807, 2.05) is 6.07 Å². The second kappa shape index (κ2) is 11.1. The van der Waals surface area contributed by atoms with Gasteiger partial charge < -0.3 is 26.0 Å². The van der Waals surface area contributed by atoms with Gasteiger partial charge in [-0.1, -0.05) is 11.6 Å². The molecule has 0 aliphatic heterocycles. The summed E-state index contributed by atoms with van der Waals surface area (Å²) in [5, 5.41) is 17.0. The van der Waals surface area contributed by atoms with Crippen LogP contribution in [0.1, 0.15) is 49.0 Å². The number of amides is 2. The predicted octanol–water partition coefficient (Wildman–Crippen LogP) is 4.62. The van der Waals surface area contributed by atoms with Crippen LogP contribution in [0, 0.1) is 0 Å². The van der Waals surface area contributed by atoms with Gasteiger partial charge in [-0.3, -0.25) is 4.79 Å². The Morgan fingerprint density at radius 1 is 1.03 bits per heavy atom. The number of fused-ring (bicyclic) bond motifs is 1. The molecule has 0 aromatic carbocycles. The van der Waals surface area contributed by atoms with E-state index >= 15 is 0 Å². The first-order chi connectivity index (χ1) is 18.6. The van der Waals surface area contributed by atoms with E-state index in [4.69, 9.17) is 11.6 Å². The standard InChI is InChI=1S/C24H26ClF3N8O3/c25-19-9-16(7-8-29-19)33-22(37)18-11-30-21-17(31-13-1-2-13)10-20(35-36(18)21)32-14-3-5-15(6-4-14)34-23(38)39-12-24(26,27)28/h7-11,13-15,31H,1-6,12H2,(H,32,35)(H,34,38)(H,29,33,37). The number of carbonyl (C=O) groups is 2. The summed E-state index contributed by atoms with van der Waals surface area (Å²) < 4.78 is 42.5. The minimum atomic E-state index is -4.57. The monoisotopic (exact) mass is 566 g/mol. The fourth-order valence-corrected chi connectivity index (χ4v) is 4.54. The molecule has 2 aliphatic carbocycles. The molecule has 2 aliphatic rings. The summed E-state index contributed by atoms with van der Waals surface area (Å²) in [6.45, 7) is -1.62. The molecule has 3 aromatic heterocycles. The number of carbonyl (C=O) groups excluding carboxylic acids is 2. The Hall–Kier alpha value is -3.81. The molecule has 3 heterocycles. The highest BCUT2D eigenvalue weighted by Crippen LogP contribution is 2.30. The Labute approximate surface area is 225 Å². The molecule has 0 bridgehead atoms. The van der Waals surface area contributed by atoms with Crippen molar-refractivity contribution in [1.29, 1.82) is 0 Å². The molecular weight excluding hydrogens is 541 g/mol. The number of hydrogen-bond acceptors (Lipinski definition) is 8. The maximum absolute atomic E-state index is 13.0. The number of halogens is 4. The molecule has 3 aromatic rings. The minimum Gasteiger partial charge on any atom is -0.440 e. The lowest BCUT2D eigenvalue weighted by atomic mass is 9.91. The summed E-state index contributed by atoms with van der Waals surface area (Å²) in [4.78, 5) is 33.0. The van der Waals surface area contributed by atoms with E-state index in [0.29, 0.717) is 48.9 Å². The summed E-state index contributed by atoms with van der Waals surface area (Å²) in [7, 11) is 0. The number of ether oxygens (including phenoxy) is 1. The molecule has 4 N–H and O–H groups in total. The lowest BCUT2D eigenvalue weighted by molar-refractivity contribution is -0.160. The second-order valence-electron chi connectivity index (χ2n) is 9.59. The molecule has 0 atom stereocenters. The zero-order valence-corrected chi connectivity index (χ0v) is 21.3. The molecule has 15 heteroatoms. The fraction of sp³-hybridized carbons (Fsp3) is 0.458. The second-order valence-corrected chi connectivity index (χ2v) is 9.98. The summed E-state index contributed by atoms with van der Waals surface area (Å²) in [6, 6.07) is 5.06. The third-order valence-corrected chi connectivity index (χ3v) is 6.60. The molecular formula is C24H26ClF3N8O3. The molecule has 39 heavy (non-hydrogen) atoms. The third-order valence-electron chi connectivity index (χ3n) is 6.39. The maximum Gasteiger partial charge on any atom is 0.422 e. The highest BCUT2D eigenvalue weighted by molar-refractivity contribution is 6.29. The Kier molecular flexibility index (Phi) is 7.64. The van der Waals surface area contributed by atoms with Crippen LogP contribution in [0.2, 0.25) is 5.15 Å². The number of rotatable bonds is 8. The van der Waals surface area contributed by atoms with Crippen LogP contribution in [0.25, 0.3) is 5.65 Å². The van der Waals surface area contributed by atoms with Gasteiger partial charge >= 0.3 is 12.3 Å². The van der Waals surface area contributed by atoms with E-state index in [1.54, 1.807) is 6.07 Å². The summed E-state index contributed by atoms with van der Waals surface area (Å²) >= 11 is 5.92. The number of nitrogens with one attached hydrogen (secondary N) is 4. The average Bonchev–Trinajstić information content (AvgIpc) is 3.58. The van der Waals surface area contributed by atoms with Crippen molar-refractivity contribution in [2.24, 2.45) is 0 Å². The normalized spacial score (nSPS) is 19.4. The van der Waals surface area contributed by atoms with Crippen molar-refractivity contribution >= 4 is 46.4 Å². The lowest BCUT2D eigenvalue weighted by Gasteiger charge is -2.29. The van der Waals surface area contributed by atoms with Crippen molar-refractivity contribution in [2.75, 3.05) is 22.6 Å². The van der Waals surface area contributed by atoms with E-state index in [0.717, 1.165) is 18.5 Å². The minimum absolute atomic E-state index is 0.00716. The molecule has 11 nitrogen and oxygen atoms in total. The first kappa shape index (κ1) is 26.8. The zero-order chi connectivity index (χ0) is 27.6. The Bertz CT molecular complexity index is 1360. The number of pyridine rings is 1. The summed E-state index contributed by atoms with van der Waals surface area (Å²) in [5.41, 5.74) is 1.96. The SMILES string of the molecule is O=C(NC1CCC(Nc2cc(NC3CC3)c3ncc(C(=O)Nc4ccnc(Cl)c4)n3n2)CC1)OCC(F)(F)F. The molecule has 0 spiro atoms. The Balaban J connectivity index is 1.26. The van der Waals surface area contributed by atoms with Crippen molar-refractivity contribution in [1.82, 2.24) is 24.9 Å². The number of hydrogen-bond donors (Lipinski definition) is 4. The number of alkyl halides is 3. The van der Waals surface area contributed by atoms with Gasteiger partial charge in [-0.25, -0.2) is 19.3 Å². The van der Waals surface area contributed by atoms with Gasteiger partial charge in [0.25, 0.3) is 5.91 Å². The van der Waals surface area contributed by atoms with Gasteiger partial charge in [0, 0.05) is 36.1 Å². The predicted molar refractivity (Wildman–Crippen MR) is 137 cm³/mol. The smallest absolute Gasteiger partial charge is 0.422 e. The average molecular weight is 567 g/mol. The number of nitrogens with zero attached hydrogens (tertiary/aromatic N) is 4. The van der Waals surface area contributed by atoms with Crippen molar-refractivity contribution in [3.05, 3.63) is 41.4 Å². The molecule has 2 fully saturated rings. The molecule has 5 rings (SSSR count). The number of alkyl carbamates (subject to hydrolysis) is 1. The number of imidazole rings is 1. The Morgan fingerprint density at radius 3 is 2.41 bits per heavy atom. The highest BCUT2D eigenvalue weighted by Gasteiger charge is 2.31. The molecule has 0 unspecified atom stereocenters. The van der Waals surface area contributed by atoms with Gasteiger partial charge in [0.15, 0.2) is 17.9 Å². The van der Waals surface area contributed by atoms with Crippen LogP contribution < -0.4 is 21.3 Å². The molecule has 0 saturated heterocycles. The number of aromatic nitrogens is 4. The summed E-state index contributed by atoms with van der Waals surface area (Å²) in [6.07, 6.45) is 1.78. The van der Waals surface area contributed by atoms with Gasteiger partial charge in [-0.2, -0.15) is 13.2 Å². The van der Waals surface area contributed by atoms with Gasteiger partial charge in [0.1, 0.15) is 11.0 Å². The van der Waals surface area contributed by atoms with E-state index in [2.05, 4.69) is 41.1 Å². The van der Waals surface area contributed by atoms with Gasteiger partial charge in [-0.05, 0) is 50.7 Å². The van der Waals surface area contributed by atoms with Gasteiger partial charge in [0.05, 0.1) is 11.9 Å².